The number of anilines is 1. The summed E-state index contributed by atoms with van der Waals surface area (Å²) in [5, 5.41) is 4.09. The number of benzene rings is 3. The zero-order valence-corrected chi connectivity index (χ0v) is 22.1. The summed E-state index contributed by atoms with van der Waals surface area (Å²) in [5.41, 5.74) is 4.21. The van der Waals surface area contributed by atoms with E-state index in [1.54, 1.807) is 11.8 Å². The van der Waals surface area contributed by atoms with E-state index in [1.165, 1.54) is 12.8 Å². The molecular formula is C30H36N4OS. The van der Waals surface area contributed by atoms with Crippen molar-refractivity contribution < 1.29 is 4.79 Å². The molecule has 0 aliphatic carbocycles. The second-order valence-electron chi connectivity index (χ2n) is 9.35. The van der Waals surface area contributed by atoms with Crippen LogP contribution in [0, 0.1) is 0 Å². The molecule has 5 nitrogen and oxygen atoms in total. The Morgan fingerprint density at radius 2 is 1.61 bits per heavy atom. The summed E-state index contributed by atoms with van der Waals surface area (Å²) >= 11 is 1.79. The normalized spacial score (nSPS) is 14.9. The maximum absolute atomic E-state index is 13.2. The van der Waals surface area contributed by atoms with Gasteiger partial charge in [0.2, 0.25) is 5.91 Å². The molecule has 188 valence electrons. The van der Waals surface area contributed by atoms with Crippen LogP contribution in [0.1, 0.15) is 42.9 Å². The summed E-state index contributed by atoms with van der Waals surface area (Å²) in [6.07, 6.45) is 3.91. The number of carbonyl (C=O) groups is 1. The first-order valence-corrected chi connectivity index (χ1v) is 13.7. The van der Waals surface area contributed by atoms with Gasteiger partial charge in [0.25, 0.3) is 0 Å². The summed E-state index contributed by atoms with van der Waals surface area (Å²) in [6.45, 7) is 1.65. The zero-order chi connectivity index (χ0) is 25.2. The van der Waals surface area contributed by atoms with Crippen molar-refractivity contribution in [2.24, 2.45) is 4.99 Å². The van der Waals surface area contributed by atoms with Crippen molar-refractivity contribution in [2.75, 3.05) is 31.3 Å². The van der Waals surface area contributed by atoms with Gasteiger partial charge in [-0.25, -0.2) is 4.99 Å². The quantitative estimate of drug-likeness (QED) is 0.309. The molecule has 1 amide bonds. The van der Waals surface area contributed by atoms with Crippen LogP contribution in [0.2, 0.25) is 0 Å². The Labute approximate surface area is 219 Å². The SMILES string of the molecule is CN(C)CCCCCSC1=Nc2ccccc2C(CC(=O)NCc2ccccc2)N1c1ccccc1. The fraction of sp³-hybridized carbons (Fsp3) is 0.333. The molecule has 3 aromatic rings. The molecule has 0 saturated heterocycles. The number of rotatable bonds is 11. The van der Waals surface area contributed by atoms with Gasteiger partial charge in [-0.15, -0.1) is 0 Å². The second kappa shape index (κ2) is 13.3. The van der Waals surface area contributed by atoms with Crippen molar-refractivity contribution in [3.63, 3.8) is 0 Å². The van der Waals surface area contributed by atoms with E-state index in [2.05, 4.69) is 53.5 Å². The average Bonchev–Trinajstić information content (AvgIpc) is 2.90. The lowest BCUT2D eigenvalue weighted by Crippen LogP contribution is -2.39. The molecule has 0 fully saturated rings. The van der Waals surface area contributed by atoms with Crippen LogP contribution < -0.4 is 10.2 Å². The Bertz CT molecular complexity index is 1130. The molecule has 0 aromatic heterocycles. The molecular weight excluding hydrogens is 464 g/mol. The van der Waals surface area contributed by atoms with Gasteiger partial charge in [-0.3, -0.25) is 4.79 Å². The molecule has 6 heteroatoms. The van der Waals surface area contributed by atoms with Crippen LogP contribution in [0.4, 0.5) is 11.4 Å². The minimum absolute atomic E-state index is 0.0366. The lowest BCUT2D eigenvalue weighted by molar-refractivity contribution is -0.121. The van der Waals surface area contributed by atoms with Crippen molar-refractivity contribution >= 4 is 34.2 Å². The topological polar surface area (TPSA) is 47.9 Å². The van der Waals surface area contributed by atoms with Crippen LogP contribution in [-0.4, -0.2) is 42.4 Å². The van der Waals surface area contributed by atoms with E-state index in [9.17, 15) is 4.79 Å². The van der Waals surface area contributed by atoms with E-state index in [0.717, 1.165) is 46.4 Å². The molecule has 1 unspecified atom stereocenters. The second-order valence-corrected chi connectivity index (χ2v) is 10.4. The lowest BCUT2D eigenvalue weighted by Gasteiger charge is -2.37. The van der Waals surface area contributed by atoms with Crippen molar-refractivity contribution in [1.29, 1.82) is 0 Å². The number of aliphatic imine (C=N–C) groups is 1. The fourth-order valence-corrected chi connectivity index (χ4v) is 5.46. The van der Waals surface area contributed by atoms with Gasteiger partial charge >= 0.3 is 0 Å². The Morgan fingerprint density at radius 1 is 0.917 bits per heavy atom. The number of para-hydroxylation sites is 2. The van der Waals surface area contributed by atoms with Crippen LogP contribution in [-0.2, 0) is 11.3 Å². The Kier molecular flexibility index (Phi) is 9.59. The summed E-state index contributed by atoms with van der Waals surface area (Å²) in [5.74, 6) is 1.04. The number of amides is 1. The molecule has 4 rings (SSSR count). The number of nitrogens with one attached hydrogen (secondary N) is 1. The van der Waals surface area contributed by atoms with Gasteiger partial charge in [-0.2, -0.15) is 0 Å². The lowest BCUT2D eigenvalue weighted by atomic mass is 9.98. The monoisotopic (exact) mass is 500 g/mol. The molecule has 0 radical (unpaired) electrons. The smallest absolute Gasteiger partial charge is 0.222 e. The van der Waals surface area contributed by atoms with Gasteiger partial charge in [0.05, 0.1) is 18.2 Å². The Hall–Kier alpha value is -3.09. The molecule has 1 aliphatic heterocycles. The van der Waals surface area contributed by atoms with Crippen molar-refractivity contribution in [1.82, 2.24) is 10.2 Å². The van der Waals surface area contributed by atoms with E-state index >= 15 is 0 Å². The molecule has 0 spiro atoms. The number of unbranched alkanes of at least 4 members (excludes halogenated alkanes) is 2. The molecule has 1 atom stereocenters. The Morgan fingerprint density at radius 3 is 2.36 bits per heavy atom. The van der Waals surface area contributed by atoms with Crippen LogP contribution in [0.25, 0.3) is 0 Å². The molecule has 0 bridgehead atoms. The highest BCUT2D eigenvalue weighted by Gasteiger charge is 2.32. The zero-order valence-electron chi connectivity index (χ0n) is 21.3. The van der Waals surface area contributed by atoms with E-state index in [-0.39, 0.29) is 11.9 Å². The number of thioether (sulfide) groups is 1. The van der Waals surface area contributed by atoms with Gasteiger partial charge in [0.15, 0.2) is 5.17 Å². The van der Waals surface area contributed by atoms with Crippen molar-refractivity contribution in [3.8, 4) is 0 Å². The largest absolute Gasteiger partial charge is 0.352 e. The van der Waals surface area contributed by atoms with Gasteiger partial charge in [-0.1, -0.05) is 84.9 Å². The maximum Gasteiger partial charge on any atom is 0.222 e. The van der Waals surface area contributed by atoms with Crippen LogP contribution in [0.15, 0.2) is 89.9 Å². The third-order valence-corrected chi connectivity index (χ3v) is 7.30. The van der Waals surface area contributed by atoms with E-state index in [0.29, 0.717) is 13.0 Å². The molecule has 36 heavy (non-hydrogen) atoms. The molecule has 1 aliphatic rings. The van der Waals surface area contributed by atoms with Gasteiger partial charge in [0, 0.05) is 23.5 Å². The molecule has 3 aromatic carbocycles. The highest BCUT2D eigenvalue weighted by molar-refractivity contribution is 8.14. The average molecular weight is 501 g/mol. The third-order valence-electron chi connectivity index (χ3n) is 6.26. The highest BCUT2D eigenvalue weighted by atomic mass is 32.2. The first-order chi connectivity index (χ1) is 17.6. The van der Waals surface area contributed by atoms with E-state index in [4.69, 9.17) is 4.99 Å². The first-order valence-electron chi connectivity index (χ1n) is 12.7. The summed E-state index contributed by atoms with van der Waals surface area (Å²) in [7, 11) is 4.24. The fourth-order valence-electron chi connectivity index (χ4n) is 4.40. The molecule has 1 heterocycles. The van der Waals surface area contributed by atoms with Crippen LogP contribution in [0.5, 0.6) is 0 Å². The minimum atomic E-state index is -0.117. The standard InChI is InChI=1S/C30H36N4OS/c1-33(2)20-12-5-13-21-36-30-32-27-19-11-10-18-26(27)28(34(30)25-16-8-4-9-17-25)22-29(35)31-23-24-14-6-3-7-15-24/h3-4,6-11,14-19,28H,5,12-13,20-23H2,1-2H3,(H,31,35). The Balaban J connectivity index is 1.53. The van der Waals surface area contributed by atoms with Gasteiger partial charge in [0.1, 0.15) is 0 Å². The third kappa shape index (κ3) is 7.21. The van der Waals surface area contributed by atoms with Crippen LogP contribution >= 0.6 is 11.8 Å². The van der Waals surface area contributed by atoms with Gasteiger partial charge in [-0.05, 0) is 57.2 Å². The van der Waals surface area contributed by atoms with Crippen molar-refractivity contribution in [2.45, 2.75) is 38.3 Å². The van der Waals surface area contributed by atoms with Gasteiger partial charge < -0.3 is 15.1 Å². The number of carbonyl (C=O) groups excluding carboxylic acids is 1. The summed E-state index contributed by atoms with van der Waals surface area (Å²) in [4.78, 5) is 22.7. The van der Waals surface area contributed by atoms with E-state index < -0.39 is 0 Å². The first kappa shape index (κ1) is 26.0. The highest BCUT2D eigenvalue weighted by Crippen LogP contribution is 2.41. The maximum atomic E-state index is 13.2. The van der Waals surface area contributed by atoms with Crippen molar-refractivity contribution in [3.05, 3.63) is 96.1 Å². The van der Waals surface area contributed by atoms with E-state index in [1.807, 2.05) is 60.7 Å². The molecule has 0 saturated carbocycles. The number of hydrogen-bond acceptors (Lipinski definition) is 5. The summed E-state index contributed by atoms with van der Waals surface area (Å²) in [6, 6.07) is 28.5. The summed E-state index contributed by atoms with van der Waals surface area (Å²) < 4.78 is 0. The molecule has 1 N–H and O–H groups in total. The number of fused-ring (bicyclic) bond motifs is 1. The predicted octanol–water partition coefficient (Wildman–Crippen LogP) is 6.41. The van der Waals surface area contributed by atoms with Crippen LogP contribution in [0.3, 0.4) is 0 Å². The number of nitrogens with zero attached hydrogens (tertiary/aromatic N) is 3. The number of hydrogen-bond donors (Lipinski definition) is 1. The minimum Gasteiger partial charge on any atom is -0.352 e. The number of amidine groups is 1. The predicted molar refractivity (Wildman–Crippen MR) is 153 cm³/mol.